The van der Waals surface area contributed by atoms with Crippen molar-refractivity contribution in [1.82, 2.24) is 5.32 Å². The van der Waals surface area contributed by atoms with Crippen LogP contribution in [-0.4, -0.2) is 37.7 Å². The van der Waals surface area contributed by atoms with Crippen molar-refractivity contribution >= 4 is 11.9 Å². The number of carbonyl (C=O) groups excluding carboxylic acids is 1. The number of carboxylic acid groups (broad SMARTS) is 1. The predicted octanol–water partition coefficient (Wildman–Crippen LogP) is 2.81. The van der Waals surface area contributed by atoms with Gasteiger partial charge in [0.25, 0.3) is 0 Å². The van der Waals surface area contributed by atoms with Crippen molar-refractivity contribution in [1.29, 1.82) is 0 Å². The van der Waals surface area contributed by atoms with Crippen LogP contribution < -0.4 is 14.8 Å². The molecule has 6 heteroatoms. The highest BCUT2D eigenvalue weighted by atomic mass is 16.5. The Morgan fingerprint density at radius 1 is 1.08 bits per heavy atom. The first-order valence-electron chi connectivity index (χ1n) is 8.74. The largest absolute Gasteiger partial charge is 0.493 e. The number of hydrogen-bond donors (Lipinski definition) is 2. The minimum absolute atomic E-state index is 0.190. The summed E-state index contributed by atoms with van der Waals surface area (Å²) in [6, 6.07) is 5.63. The van der Waals surface area contributed by atoms with Gasteiger partial charge >= 0.3 is 5.97 Å². The summed E-state index contributed by atoms with van der Waals surface area (Å²) in [6.45, 7) is 4.35. The number of carboxylic acids is 1. The summed E-state index contributed by atoms with van der Waals surface area (Å²) in [5.41, 5.74) is 3.20. The summed E-state index contributed by atoms with van der Waals surface area (Å²) >= 11 is 0. The zero-order chi connectivity index (χ0) is 19.3. The Morgan fingerprint density at radius 3 is 2.27 bits per heavy atom. The van der Waals surface area contributed by atoms with Crippen LogP contribution in [0.4, 0.5) is 0 Å². The molecule has 0 aliphatic heterocycles. The van der Waals surface area contributed by atoms with E-state index >= 15 is 0 Å². The van der Waals surface area contributed by atoms with Crippen LogP contribution in [-0.2, 0) is 16.0 Å². The lowest BCUT2D eigenvalue weighted by molar-refractivity contribution is -0.147. The number of methoxy groups -OCH3 is 2. The molecule has 0 bridgehead atoms. The Labute approximate surface area is 154 Å². The third-order valence-corrected chi connectivity index (χ3v) is 5.08. The van der Waals surface area contributed by atoms with E-state index < -0.39 is 17.8 Å². The van der Waals surface area contributed by atoms with Crippen molar-refractivity contribution in [3.63, 3.8) is 0 Å². The van der Waals surface area contributed by atoms with Crippen LogP contribution in [0.15, 0.2) is 29.3 Å². The second kappa shape index (κ2) is 8.74. The Bertz CT molecular complexity index is 710. The number of aliphatic carboxylic acids is 1. The number of nitrogens with one attached hydrogen (secondary N) is 1. The zero-order valence-electron chi connectivity index (χ0n) is 15.8. The quantitative estimate of drug-likeness (QED) is 0.730. The van der Waals surface area contributed by atoms with E-state index in [1.807, 2.05) is 32.0 Å². The molecule has 2 atom stereocenters. The van der Waals surface area contributed by atoms with Crippen LogP contribution in [0.25, 0.3) is 0 Å². The molecule has 0 spiro atoms. The molecule has 0 saturated heterocycles. The van der Waals surface area contributed by atoms with Crippen molar-refractivity contribution in [2.45, 2.75) is 33.1 Å². The molecule has 2 rings (SSSR count). The SMILES string of the molecule is COc1ccc(CCNC(=O)C2CC(C)=C(C)CC2C(=O)O)cc1OC. The highest BCUT2D eigenvalue weighted by Gasteiger charge is 2.37. The van der Waals surface area contributed by atoms with E-state index in [0.29, 0.717) is 37.3 Å². The first kappa shape index (κ1) is 19.8. The molecule has 0 aromatic heterocycles. The minimum Gasteiger partial charge on any atom is -0.493 e. The van der Waals surface area contributed by atoms with Crippen molar-refractivity contribution < 1.29 is 24.2 Å². The van der Waals surface area contributed by atoms with Crippen molar-refractivity contribution in [3.05, 3.63) is 34.9 Å². The lowest BCUT2D eigenvalue weighted by Crippen LogP contribution is -2.40. The van der Waals surface area contributed by atoms with Crippen molar-refractivity contribution in [2.75, 3.05) is 20.8 Å². The first-order chi connectivity index (χ1) is 12.4. The van der Waals surface area contributed by atoms with Gasteiger partial charge in [0.2, 0.25) is 5.91 Å². The number of benzene rings is 1. The third-order valence-electron chi connectivity index (χ3n) is 5.08. The summed E-state index contributed by atoms with van der Waals surface area (Å²) in [6.07, 6.45) is 1.57. The summed E-state index contributed by atoms with van der Waals surface area (Å²) < 4.78 is 10.5. The Balaban J connectivity index is 1.97. The molecule has 1 amide bonds. The average Bonchev–Trinajstić information content (AvgIpc) is 2.63. The van der Waals surface area contributed by atoms with Gasteiger partial charge in [0, 0.05) is 6.54 Å². The van der Waals surface area contributed by atoms with Gasteiger partial charge in [-0.3, -0.25) is 9.59 Å². The van der Waals surface area contributed by atoms with Gasteiger partial charge in [-0.1, -0.05) is 17.2 Å². The van der Waals surface area contributed by atoms with E-state index in [9.17, 15) is 14.7 Å². The fourth-order valence-electron chi connectivity index (χ4n) is 3.32. The molecule has 1 aromatic carbocycles. The minimum atomic E-state index is -0.906. The summed E-state index contributed by atoms with van der Waals surface area (Å²) in [4.78, 5) is 24.1. The molecule has 2 unspecified atom stereocenters. The topological polar surface area (TPSA) is 84.9 Å². The van der Waals surface area contributed by atoms with Gasteiger partial charge < -0.3 is 19.9 Å². The summed E-state index contributed by atoms with van der Waals surface area (Å²) in [7, 11) is 3.16. The number of allylic oxidation sites excluding steroid dienone is 2. The number of amides is 1. The smallest absolute Gasteiger partial charge is 0.307 e. The first-order valence-corrected chi connectivity index (χ1v) is 8.74. The highest BCUT2D eigenvalue weighted by molar-refractivity contribution is 5.85. The normalized spacial score (nSPS) is 19.8. The average molecular weight is 361 g/mol. The molecule has 1 aromatic rings. The van der Waals surface area contributed by atoms with Crippen molar-refractivity contribution in [3.8, 4) is 11.5 Å². The fourth-order valence-corrected chi connectivity index (χ4v) is 3.32. The highest BCUT2D eigenvalue weighted by Crippen LogP contribution is 2.34. The molecular weight excluding hydrogens is 334 g/mol. The molecule has 0 radical (unpaired) electrons. The molecule has 2 N–H and O–H groups in total. The lowest BCUT2D eigenvalue weighted by atomic mass is 9.76. The van der Waals surface area contributed by atoms with Crippen molar-refractivity contribution in [2.24, 2.45) is 11.8 Å². The predicted molar refractivity (Wildman–Crippen MR) is 98.5 cm³/mol. The standard InChI is InChI=1S/C20H27NO5/c1-12-9-15(16(20(23)24)10-13(12)2)19(22)21-8-7-14-5-6-17(25-3)18(11-14)26-4/h5-6,11,15-16H,7-10H2,1-4H3,(H,21,22)(H,23,24). The van der Waals surface area contributed by atoms with Gasteiger partial charge in [0.05, 0.1) is 26.1 Å². The molecule has 0 fully saturated rings. The maximum absolute atomic E-state index is 12.5. The van der Waals surface area contributed by atoms with Gasteiger partial charge in [-0.05, 0) is 50.8 Å². The van der Waals surface area contributed by atoms with E-state index in [4.69, 9.17) is 9.47 Å². The monoisotopic (exact) mass is 361 g/mol. The van der Waals surface area contributed by atoms with E-state index in [2.05, 4.69) is 5.32 Å². The Morgan fingerprint density at radius 2 is 1.69 bits per heavy atom. The van der Waals surface area contributed by atoms with Gasteiger partial charge in [0.15, 0.2) is 11.5 Å². The van der Waals surface area contributed by atoms with E-state index in [1.54, 1.807) is 14.2 Å². The van der Waals surface area contributed by atoms with Gasteiger partial charge in [-0.2, -0.15) is 0 Å². The number of hydrogen-bond acceptors (Lipinski definition) is 4. The molecule has 0 heterocycles. The van der Waals surface area contributed by atoms with Crippen LogP contribution in [0.1, 0.15) is 32.3 Å². The van der Waals surface area contributed by atoms with Crippen LogP contribution in [0.3, 0.4) is 0 Å². The van der Waals surface area contributed by atoms with E-state index in [1.165, 1.54) is 0 Å². The van der Waals surface area contributed by atoms with E-state index in [-0.39, 0.29) is 5.91 Å². The number of carbonyl (C=O) groups is 2. The Kier molecular flexibility index (Phi) is 6.66. The lowest BCUT2D eigenvalue weighted by Gasteiger charge is -2.29. The van der Waals surface area contributed by atoms with E-state index in [0.717, 1.165) is 16.7 Å². The molecule has 142 valence electrons. The molecule has 6 nitrogen and oxygen atoms in total. The Hall–Kier alpha value is -2.50. The summed E-state index contributed by atoms with van der Waals surface area (Å²) in [5.74, 6) is -0.960. The molecule has 1 aliphatic rings. The summed E-state index contributed by atoms with van der Waals surface area (Å²) in [5, 5.41) is 12.3. The third kappa shape index (κ3) is 4.56. The van der Waals surface area contributed by atoms with Crippen LogP contribution in [0, 0.1) is 11.8 Å². The van der Waals surface area contributed by atoms with Crippen LogP contribution >= 0.6 is 0 Å². The maximum atomic E-state index is 12.5. The van der Waals surface area contributed by atoms with Crippen LogP contribution in [0.2, 0.25) is 0 Å². The van der Waals surface area contributed by atoms with Gasteiger partial charge in [-0.15, -0.1) is 0 Å². The van der Waals surface area contributed by atoms with Gasteiger partial charge in [0.1, 0.15) is 0 Å². The fraction of sp³-hybridized carbons (Fsp3) is 0.500. The maximum Gasteiger partial charge on any atom is 0.307 e. The number of ether oxygens (including phenoxy) is 2. The second-order valence-electron chi connectivity index (χ2n) is 6.75. The molecule has 0 saturated carbocycles. The van der Waals surface area contributed by atoms with Crippen LogP contribution in [0.5, 0.6) is 11.5 Å². The van der Waals surface area contributed by atoms with Gasteiger partial charge in [-0.25, -0.2) is 0 Å². The molecule has 1 aliphatic carbocycles. The number of rotatable bonds is 7. The molecular formula is C20H27NO5. The molecule has 26 heavy (non-hydrogen) atoms. The second-order valence-corrected chi connectivity index (χ2v) is 6.75. The zero-order valence-corrected chi connectivity index (χ0v) is 15.8.